The molecule has 0 aliphatic carbocycles. The van der Waals surface area contributed by atoms with E-state index in [1.54, 1.807) is 14.2 Å². The number of hydrogen-bond acceptors (Lipinski definition) is 4. The molecule has 0 radical (unpaired) electrons. The molecule has 1 heterocycles. The van der Waals surface area contributed by atoms with Crippen LogP contribution in [0.4, 0.5) is 0 Å². The van der Waals surface area contributed by atoms with Gasteiger partial charge in [-0.15, -0.1) is 0 Å². The first kappa shape index (κ1) is 14.3. The fourth-order valence-electron chi connectivity index (χ4n) is 1.95. The molecule has 0 unspecified atom stereocenters. The molecule has 2 aromatic rings. The Morgan fingerprint density at radius 1 is 1.05 bits per heavy atom. The van der Waals surface area contributed by atoms with E-state index in [2.05, 4.69) is 4.98 Å². The summed E-state index contributed by atoms with van der Waals surface area (Å²) in [5, 5.41) is 0. The first-order valence-electron chi connectivity index (χ1n) is 6.44. The summed E-state index contributed by atoms with van der Waals surface area (Å²) in [7, 11) is 3.27. The summed E-state index contributed by atoms with van der Waals surface area (Å²) in [5.41, 5.74) is 2.78. The molecule has 20 heavy (non-hydrogen) atoms. The second-order valence-corrected chi connectivity index (χ2v) is 4.46. The predicted octanol–water partition coefficient (Wildman–Crippen LogP) is 3.12. The molecule has 0 aliphatic heterocycles. The molecule has 0 saturated heterocycles. The van der Waals surface area contributed by atoms with Crippen molar-refractivity contribution in [1.82, 2.24) is 4.98 Å². The maximum Gasteiger partial charge on any atom is 0.223 e. The van der Waals surface area contributed by atoms with E-state index >= 15 is 0 Å². The van der Waals surface area contributed by atoms with Crippen LogP contribution in [0.3, 0.4) is 0 Å². The standard InChI is InChI=1S/C16H19NO3/c1-12-9-15(19-3)14(11-18-2)16(17-12)20-10-13-7-5-4-6-8-13/h4-9H,10-11H2,1-3H3. The number of benzene rings is 1. The number of aromatic nitrogens is 1. The molecule has 0 N–H and O–H groups in total. The largest absolute Gasteiger partial charge is 0.496 e. The third kappa shape index (κ3) is 3.48. The molecule has 1 aromatic carbocycles. The number of pyridine rings is 1. The van der Waals surface area contributed by atoms with Crippen molar-refractivity contribution in [2.75, 3.05) is 14.2 Å². The third-order valence-corrected chi connectivity index (χ3v) is 2.90. The molecule has 0 aliphatic rings. The number of ether oxygens (including phenoxy) is 3. The van der Waals surface area contributed by atoms with E-state index < -0.39 is 0 Å². The van der Waals surface area contributed by atoms with Gasteiger partial charge in [0, 0.05) is 18.9 Å². The van der Waals surface area contributed by atoms with E-state index in [1.807, 2.05) is 43.3 Å². The topological polar surface area (TPSA) is 40.6 Å². The van der Waals surface area contributed by atoms with Gasteiger partial charge in [-0.25, -0.2) is 4.98 Å². The number of nitrogens with zero attached hydrogens (tertiary/aromatic N) is 1. The fourth-order valence-corrected chi connectivity index (χ4v) is 1.95. The minimum Gasteiger partial charge on any atom is -0.496 e. The van der Waals surface area contributed by atoms with Gasteiger partial charge in [-0.3, -0.25) is 0 Å². The van der Waals surface area contributed by atoms with E-state index in [0.29, 0.717) is 19.1 Å². The van der Waals surface area contributed by atoms with Crippen LogP contribution < -0.4 is 9.47 Å². The lowest BCUT2D eigenvalue weighted by Crippen LogP contribution is -2.05. The Hall–Kier alpha value is -2.07. The van der Waals surface area contributed by atoms with Gasteiger partial charge in [-0.1, -0.05) is 30.3 Å². The monoisotopic (exact) mass is 273 g/mol. The zero-order valence-electron chi connectivity index (χ0n) is 12.1. The third-order valence-electron chi connectivity index (χ3n) is 2.90. The van der Waals surface area contributed by atoms with E-state index in [1.165, 1.54) is 0 Å². The predicted molar refractivity (Wildman–Crippen MR) is 77.0 cm³/mol. The molecule has 0 saturated carbocycles. The molecular formula is C16H19NO3. The van der Waals surface area contributed by atoms with Crippen LogP contribution in [0.1, 0.15) is 16.8 Å². The first-order chi connectivity index (χ1) is 9.74. The Balaban J connectivity index is 2.23. The number of aryl methyl sites for hydroxylation is 1. The van der Waals surface area contributed by atoms with Gasteiger partial charge in [-0.2, -0.15) is 0 Å². The van der Waals surface area contributed by atoms with Crippen molar-refractivity contribution in [1.29, 1.82) is 0 Å². The van der Waals surface area contributed by atoms with Gasteiger partial charge in [0.25, 0.3) is 0 Å². The summed E-state index contributed by atoms with van der Waals surface area (Å²) in [6, 6.07) is 11.9. The Morgan fingerprint density at radius 2 is 1.80 bits per heavy atom. The highest BCUT2D eigenvalue weighted by molar-refractivity contribution is 5.41. The Kier molecular flexibility index (Phi) is 4.96. The Morgan fingerprint density at radius 3 is 2.45 bits per heavy atom. The summed E-state index contributed by atoms with van der Waals surface area (Å²) >= 11 is 0. The van der Waals surface area contributed by atoms with E-state index in [4.69, 9.17) is 14.2 Å². The lowest BCUT2D eigenvalue weighted by molar-refractivity contribution is 0.174. The molecule has 2 rings (SSSR count). The zero-order chi connectivity index (χ0) is 14.4. The Labute approximate surface area is 119 Å². The van der Waals surface area contributed by atoms with Gasteiger partial charge < -0.3 is 14.2 Å². The van der Waals surface area contributed by atoms with E-state index in [9.17, 15) is 0 Å². The smallest absolute Gasteiger partial charge is 0.223 e. The first-order valence-corrected chi connectivity index (χ1v) is 6.44. The molecule has 4 nitrogen and oxygen atoms in total. The molecule has 0 fully saturated rings. The van der Waals surface area contributed by atoms with Gasteiger partial charge in [0.2, 0.25) is 5.88 Å². The summed E-state index contributed by atoms with van der Waals surface area (Å²) in [6.07, 6.45) is 0. The van der Waals surface area contributed by atoms with Crippen LogP contribution in [0.15, 0.2) is 36.4 Å². The van der Waals surface area contributed by atoms with Crippen LogP contribution in [0.5, 0.6) is 11.6 Å². The highest BCUT2D eigenvalue weighted by atomic mass is 16.5. The van der Waals surface area contributed by atoms with Crippen molar-refractivity contribution in [2.24, 2.45) is 0 Å². The maximum atomic E-state index is 5.83. The van der Waals surface area contributed by atoms with Gasteiger partial charge in [-0.05, 0) is 12.5 Å². The second-order valence-electron chi connectivity index (χ2n) is 4.46. The Bertz CT molecular complexity index is 555. The molecule has 0 bridgehead atoms. The van der Waals surface area contributed by atoms with Crippen molar-refractivity contribution in [3.05, 3.63) is 53.2 Å². The average molecular weight is 273 g/mol. The van der Waals surface area contributed by atoms with Crippen LogP contribution in [0.2, 0.25) is 0 Å². The molecule has 106 valence electrons. The van der Waals surface area contributed by atoms with Crippen LogP contribution >= 0.6 is 0 Å². The minimum atomic E-state index is 0.403. The lowest BCUT2D eigenvalue weighted by Gasteiger charge is -2.14. The number of rotatable bonds is 6. The summed E-state index contributed by atoms with van der Waals surface area (Å²) in [6.45, 7) is 2.78. The summed E-state index contributed by atoms with van der Waals surface area (Å²) in [5.74, 6) is 1.30. The van der Waals surface area contributed by atoms with Gasteiger partial charge >= 0.3 is 0 Å². The highest BCUT2D eigenvalue weighted by Gasteiger charge is 2.13. The van der Waals surface area contributed by atoms with Gasteiger partial charge in [0.15, 0.2) is 0 Å². The van der Waals surface area contributed by atoms with E-state index in [-0.39, 0.29) is 0 Å². The summed E-state index contributed by atoms with van der Waals surface area (Å²) in [4.78, 5) is 4.43. The molecule has 0 atom stereocenters. The van der Waals surface area contributed by atoms with Crippen LogP contribution in [0, 0.1) is 6.92 Å². The van der Waals surface area contributed by atoms with Crippen LogP contribution in [-0.2, 0) is 18.0 Å². The normalized spacial score (nSPS) is 10.3. The highest BCUT2D eigenvalue weighted by Crippen LogP contribution is 2.29. The average Bonchev–Trinajstić information content (AvgIpc) is 2.48. The maximum absolute atomic E-state index is 5.83. The fraction of sp³-hybridized carbons (Fsp3) is 0.312. The van der Waals surface area contributed by atoms with Crippen molar-refractivity contribution in [3.8, 4) is 11.6 Å². The molecular weight excluding hydrogens is 254 g/mol. The van der Waals surface area contributed by atoms with Crippen molar-refractivity contribution in [3.63, 3.8) is 0 Å². The SMILES string of the molecule is COCc1c(OC)cc(C)nc1OCc1ccccc1. The molecule has 0 spiro atoms. The van der Waals surface area contributed by atoms with Crippen molar-refractivity contribution < 1.29 is 14.2 Å². The quantitative estimate of drug-likeness (QED) is 0.810. The number of hydrogen-bond donors (Lipinski definition) is 0. The number of methoxy groups -OCH3 is 2. The van der Waals surface area contributed by atoms with Crippen LogP contribution in [0.25, 0.3) is 0 Å². The minimum absolute atomic E-state index is 0.403. The summed E-state index contributed by atoms with van der Waals surface area (Å²) < 4.78 is 16.4. The van der Waals surface area contributed by atoms with Gasteiger partial charge in [0.05, 0.1) is 19.3 Å². The molecule has 0 amide bonds. The van der Waals surface area contributed by atoms with Crippen LogP contribution in [-0.4, -0.2) is 19.2 Å². The molecule has 1 aromatic heterocycles. The zero-order valence-corrected chi connectivity index (χ0v) is 12.1. The van der Waals surface area contributed by atoms with Crippen molar-refractivity contribution >= 4 is 0 Å². The van der Waals surface area contributed by atoms with E-state index in [0.717, 1.165) is 22.6 Å². The van der Waals surface area contributed by atoms with Gasteiger partial charge in [0.1, 0.15) is 12.4 Å². The molecule has 4 heteroatoms. The lowest BCUT2D eigenvalue weighted by atomic mass is 10.2. The second kappa shape index (κ2) is 6.91. The van der Waals surface area contributed by atoms with Crippen molar-refractivity contribution in [2.45, 2.75) is 20.1 Å².